The highest BCUT2D eigenvalue weighted by atomic mass is 35.5. The number of aliphatic carboxylic acids is 1. The van der Waals surface area contributed by atoms with Crippen molar-refractivity contribution in [2.45, 2.75) is 109 Å². The quantitative estimate of drug-likeness (QED) is 0.0500. The number of guanidine groups is 1. The van der Waals surface area contributed by atoms with Crippen LogP contribution in [0.2, 0.25) is 30.1 Å². The van der Waals surface area contributed by atoms with Crippen LogP contribution in [0.5, 0.6) is 0 Å². The van der Waals surface area contributed by atoms with Gasteiger partial charge in [-0.05, 0) is 92.6 Å². The number of aryl methyl sites for hydroxylation is 3. The number of amides is 6. The Kier molecular flexibility index (Phi) is 30.1. The Morgan fingerprint density at radius 1 is 0.551 bits per heavy atom. The molecule has 6 heterocycles. The smallest absolute Gasteiger partial charge is 0.410 e. The molecular weight excluding hydrogens is 1500 g/mol. The fourth-order valence-corrected chi connectivity index (χ4v) is 13.9. The first-order chi connectivity index (χ1) is 50.2. The highest BCUT2D eigenvalue weighted by Crippen LogP contribution is 2.39. The lowest BCUT2D eigenvalue weighted by atomic mass is 9.83. The number of aliphatic imine (C=N–C) groups is 1. The van der Waals surface area contributed by atoms with E-state index in [4.69, 9.17) is 90.5 Å². The summed E-state index contributed by atoms with van der Waals surface area (Å²) in [6.45, 7) is 13.2. The first kappa shape index (κ1) is 85.8. The maximum absolute atomic E-state index is 13.3. The largest absolute Gasteiger partial charge is 0.480 e. The summed E-state index contributed by atoms with van der Waals surface area (Å²) in [4.78, 5) is 107. The second-order valence-electron chi connectivity index (χ2n) is 28.6. The van der Waals surface area contributed by atoms with Gasteiger partial charge in [0.15, 0.2) is 5.96 Å². The normalized spacial score (nSPS) is 17.2. The Morgan fingerprint density at radius 3 is 1.22 bits per heavy atom. The number of nitrogens with one attached hydrogen (secondary N) is 2. The number of carbonyl (C=O) groups excluding carboxylic acids is 6. The third kappa shape index (κ3) is 22.4. The van der Waals surface area contributed by atoms with Crippen LogP contribution in [0.1, 0.15) is 73.6 Å². The van der Waals surface area contributed by atoms with Crippen LogP contribution < -0.4 is 36.8 Å². The Morgan fingerprint density at radius 2 is 0.888 bits per heavy atom. The van der Waals surface area contributed by atoms with Gasteiger partial charge in [-0.3, -0.25) is 33.2 Å². The van der Waals surface area contributed by atoms with Gasteiger partial charge in [0.1, 0.15) is 52.8 Å². The minimum atomic E-state index is -1.04. The van der Waals surface area contributed by atoms with E-state index < -0.39 is 53.5 Å². The van der Waals surface area contributed by atoms with Crippen molar-refractivity contribution in [2.24, 2.45) is 43.5 Å². The van der Waals surface area contributed by atoms with Gasteiger partial charge in [-0.15, -0.1) is 0 Å². The summed E-state index contributed by atoms with van der Waals surface area (Å²) < 4.78 is 15.9. The van der Waals surface area contributed by atoms with E-state index in [0.29, 0.717) is 115 Å². The number of hydrogen-bond donors (Lipinski definition) is 5. The SMILES string of the molecule is CN(C)C(=O)C1CN(C(=O)CNC(=O)[C@H](N=C(N)N)C2CCCCC2)CCN1c1cc(-c2cccc(Cl)c2Cl)nn1C.CN(C)C(=O)C1CN(C(=O)OC(C)(C)C)CCN1c1cc(-c2cccc(Cl)c2Cl)nn1C.CNC.Cn1nc(-c2cccc(Cl)c2Cl)cc1N1CCN(C(=O)OC(C)(C)C)CC1C(=O)O. The summed E-state index contributed by atoms with van der Waals surface area (Å²) in [5.74, 6) is -0.0185. The Balaban J connectivity index is 0.000000223. The van der Waals surface area contributed by atoms with Gasteiger partial charge in [0, 0.05) is 123 Å². The maximum Gasteiger partial charge on any atom is 0.410 e. The van der Waals surface area contributed by atoms with E-state index in [0.717, 1.165) is 37.9 Å². The fraction of sp³-hybridized carbons (Fsp3) is 0.514. The second-order valence-corrected chi connectivity index (χ2v) is 30.9. The number of rotatable bonds is 14. The Labute approximate surface area is 655 Å². The molecule has 0 bridgehead atoms. The molecule has 6 aromatic rings. The van der Waals surface area contributed by atoms with Crippen LogP contribution in [0.3, 0.4) is 0 Å². The topological polar surface area (TPSA) is 326 Å². The van der Waals surface area contributed by atoms with E-state index >= 15 is 0 Å². The van der Waals surface area contributed by atoms with E-state index in [2.05, 4.69) is 30.9 Å². The number of benzene rings is 3. The highest BCUT2D eigenvalue weighted by Gasteiger charge is 2.42. The first-order valence-electron chi connectivity index (χ1n) is 34.8. The number of nitrogens with zero attached hydrogens (tertiary/aromatic N) is 15. The summed E-state index contributed by atoms with van der Waals surface area (Å²) in [7, 11) is 15.8. The van der Waals surface area contributed by atoms with Gasteiger partial charge in [0.05, 0.1) is 73.4 Å². The minimum absolute atomic E-state index is 0.00266. The van der Waals surface area contributed by atoms with Crippen LogP contribution in [0, 0.1) is 5.92 Å². The average molecular weight is 1600 g/mol. The molecule has 6 amide bonds. The standard InChI is InChI=1S/C28H39Cl2N9O3.C22H29Cl2N5O3.C20H24Cl2N4O4.C2H7N/c1-36(2)27(42)21-16-38(23(40)15-33-26(41)25(34-28(31)32)17-8-5-4-6-9-17)12-13-39(21)22-14-20(35-37(22)3)18-10-7-11-19(29)24(18)30;1-22(2,3)32-21(31)28-10-11-29(17(13-28)20(30)26(4)5)18-12-16(25-27(18)6)14-8-7-9-15(23)19(14)24;1-20(2,3)30-19(29)25-8-9-26(15(11-25)18(27)28)16-10-14(23-24(16)4)12-6-5-7-13(21)17(12)22;1-3-2/h7,10-11,14,17,21,25H,4-6,8-9,12-13,15-16H2,1-3H3,(H,33,41)(H4,31,32,34);7-9,12,17H,10-11,13H2,1-6H3;5-7,10,15H,8-9,11H2,1-4H3,(H,27,28);3H,1-2H3/t21?,25-;;;/m1.../s1. The molecule has 3 aromatic carbocycles. The Bertz CT molecular complexity index is 4160. The molecule has 3 saturated heterocycles. The van der Waals surface area contributed by atoms with Crippen molar-refractivity contribution in [1.29, 1.82) is 0 Å². The molecule has 1 saturated carbocycles. The number of anilines is 3. The lowest BCUT2D eigenvalue weighted by Crippen LogP contribution is -2.61. The molecule has 4 fully saturated rings. The van der Waals surface area contributed by atoms with E-state index in [1.54, 1.807) is 134 Å². The molecule has 7 N–H and O–H groups in total. The number of carboxylic acid groups (broad SMARTS) is 1. The molecule has 1 aliphatic carbocycles. The van der Waals surface area contributed by atoms with Gasteiger partial charge >= 0.3 is 18.2 Å². The third-order valence-corrected chi connectivity index (χ3v) is 20.2. The van der Waals surface area contributed by atoms with Gasteiger partial charge in [-0.1, -0.05) is 125 Å². The van der Waals surface area contributed by atoms with Crippen LogP contribution in [0.25, 0.3) is 33.8 Å². The Hall–Kier alpha value is -8.45. The third-order valence-electron chi connectivity index (χ3n) is 17.7. The van der Waals surface area contributed by atoms with Crippen molar-refractivity contribution in [3.63, 3.8) is 0 Å². The van der Waals surface area contributed by atoms with Crippen molar-refractivity contribution in [3.05, 3.63) is 103 Å². The van der Waals surface area contributed by atoms with Gasteiger partial charge in [0.25, 0.3) is 0 Å². The number of nitrogens with two attached hydrogens (primary N) is 2. The monoisotopic (exact) mass is 1600 g/mol. The van der Waals surface area contributed by atoms with E-state index in [1.165, 1.54) is 14.7 Å². The zero-order valence-electron chi connectivity index (χ0n) is 63.2. The number of likely N-dealkylation sites (N-methyl/N-ethyl adjacent to an activating group) is 2. The first-order valence-corrected chi connectivity index (χ1v) is 37.1. The van der Waals surface area contributed by atoms with E-state index in [1.807, 2.05) is 82.0 Å². The molecule has 3 aromatic heterocycles. The lowest BCUT2D eigenvalue weighted by molar-refractivity contribution is -0.139. The summed E-state index contributed by atoms with van der Waals surface area (Å²) in [6, 6.07) is 18.6. The zero-order chi connectivity index (χ0) is 79.3. The molecule has 3 unspecified atom stereocenters. The lowest BCUT2D eigenvalue weighted by Gasteiger charge is -2.42. The van der Waals surface area contributed by atoms with Gasteiger partial charge in [0.2, 0.25) is 23.6 Å². The van der Waals surface area contributed by atoms with Crippen molar-refractivity contribution in [3.8, 4) is 33.8 Å². The summed E-state index contributed by atoms with van der Waals surface area (Å²) in [6.07, 6.45) is 3.93. The predicted molar refractivity (Wildman–Crippen MR) is 421 cm³/mol. The number of carboxylic acids is 1. The number of carbonyl (C=O) groups is 7. The van der Waals surface area contributed by atoms with Crippen LogP contribution in [-0.4, -0.2) is 250 Å². The molecule has 584 valence electrons. The number of halogens is 6. The second kappa shape index (κ2) is 37.6. The molecule has 4 aliphatic rings. The molecule has 4 atom stereocenters. The van der Waals surface area contributed by atoms with Crippen molar-refractivity contribution < 1.29 is 48.1 Å². The van der Waals surface area contributed by atoms with E-state index in [9.17, 15) is 38.7 Å². The number of piperazine rings is 3. The minimum Gasteiger partial charge on any atom is -0.480 e. The fourth-order valence-electron chi connectivity index (χ4n) is 12.7. The molecule has 29 nitrogen and oxygen atoms in total. The summed E-state index contributed by atoms with van der Waals surface area (Å²) in [5, 5.41) is 31.5. The number of hydrogen-bond acceptors (Lipinski definition) is 17. The zero-order valence-corrected chi connectivity index (χ0v) is 67.7. The van der Waals surface area contributed by atoms with Crippen molar-refractivity contribution in [1.82, 2.24) is 64.5 Å². The number of ether oxygens (including phenoxy) is 2. The molecule has 0 spiro atoms. The summed E-state index contributed by atoms with van der Waals surface area (Å²) in [5.41, 5.74) is 13.9. The van der Waals surface area contributed by atoms with Gasteiger partial charge in [-0.25, -0.2) is 19.4 Å². The number of aromatic nitrogens is 6. The van der Waals surface area contributed by atoms with Crippen LogP contribution in [0.15, 0.2) is 77.8 Å². The maximum atomic E-state index is 13.3. The summed E-state index contributed by atoms with van der Waals surface area (Å²) >= 11 is 37.6. The van der Waals surface area contributed by atoms with Crippen molar-refractivity contribution >= 4 is 135 Å². The van der Waals surface area contributed by atoms with Crippen molar-refractivity contribution in [2.75, 3.05) is 122 Å². The average Bonchev–Trinajstić information content (AvgIpc) is 1.48. The van der Waals surface area contributed by atoms with Crippen LogP contribution in [-0.2, 0) is 54.6 Å². The van der Waals surface area contributed by atoms with Crippen LogP contribution in [0.4, 0.5) is 27.0 Å². The van der Waals surface area contributed by atoms with Crippen LogP contribution >= 0.6 is 69.6 Å². The highest BCUT2D eigenvalue weighted by molar-refractivity contribution is 6.45. The molecule has 35 heteroatoms. The van der Waals surface area contributed by atoms with E-state index in [-0.39, 0.29) is 61.7 Å². The molecule has 107 heavy (non-hydrogen) atoms. The molecule has 3 aliphatic heterocycles. The van der Waals surface area contributed by atoms with Gasteiger partial charge in [-0.2, -0.15) is 15.3 Å². The molecule has 0 radical (unpaired) electrons. The molecule has 10 rings (SSSR count). The molecular formula is C72H99Cl6N19O10. The van der Waals surface area contributed by atoms with Gasteiger partial charge < -0.3 is 75.9 Å². The predicted octanol–water partition coefficient (Wildman–Crippen LogP) is 9.49.